The van der Waals surface area contributed by atoms with Crippen LogP contribution in [0.1, 0.15) is 0 Å². The first-order valence-electron chi connectivity index (χ1n) is 2.26. The zero-order valence-electron chi connectivity index (χ0n) is 5.77. The van der Waals surface area contributed by atoms with E-state index in [2.05, 4.69) is 15.5 Å². The molecule has 0 amide bonds. The maximum atomic E-state index is 9.58. The van der Waals surface area contributed by atoms with Crippen LogP contribution >= 0.6 is 0 Å². The molecule has 0 saturated heterocycles. The molecule has 0 radical (unpaired) electrons. The second-order valence-electron chi connectivity index (χ2n) is 1.42. The first kappa shape index (κ1) is 10.1. The Hall–Kier alpha value is -0.860. The van der Waals surface area contributed by atoms with Crippen LogP contribution in [0.15, 0.2) is 5.29 Å². The van der Waals surface area contributed by atoms with E-state index in [-0.39, 0.29) is 41.5 Å². The molecular formula is C2H4N7NaO. The number of hydrogen-bond acceptors (Lipinski definition) is 5. The minimum absolute atomic E-state index is 0. The van der Waals surface area contributed by atoms with Crippen LogP contribution in [0.2, 0.25) is 0 Å². The van der Waals surface area contributed by atoms with E-state index in [0.717, 1.165) is 4.68 Å². The fraction of sp³-hybridized carbons (Fsp3) is 0. The SMILES string of the molecule is [NH-]c1nnc(NN=O)n1N.[Na+]. The third kappa shape index (κ3) is 2.03. The molecule has 0 atom stereocenters. The maximum Gasteiger partial charge on any atom is 1.00 e. The summed E-state index contributed by atoms with van der Waals surface area (Å²) < 4.78 is 0.793. The summed E-state index contributed by atoms with van der Waals surface area (Å²) in [6.45, 7) is 0. The van der Waals surface area contributed by atoms with Crippen molar-refractivity contribution in [1.82, 2.24) is 14.9 Å². The Morgan fingerprint density at radius 3 is 2.64 bits per heavy atom. The largest absolute Gasteiger partial charge is 1.00 e. The summed E-state index contributed by atoms with van der Waals surface area (Å²) in [5.41, 5.74) is 8.81. The van der Waals surface area contributed by atoms with Gasteiger partial charge in [-0.3, -0.25) is 9.77 Å². The van der Waals surface area contributed by atoms with Gasteiger partial charge in [0.2, 0.25) is 0 Å². The third-order valence-electron chi connectivity index (χ3n) is 0.841. The number of anilines is 1. The molecule has 0 aliphatic carbocycles. The molecule has 1 rings (SSSR count). The van der Waals surface area contributed by atoms with Gasteiger partial charge in [-0.25, -0.2) is 5.43 Å². The molecule has 0 bridgehead atoms. The molecule has 0 aromatic carbocycles. The smallest absolute Gasteiger partial charge is 0.408 e. The number of nitrogens with zero attached hydrogens (tertiary/aromatic N) is 4. The van der Waals surface area contributed by atoms with E-state index >= 15 is 0 Å². The maximum absolute atomic E-state index is 9.58. The molecular weight excluding hydrogens is 161 g/mol. The molecule has 1 heterocycles. The molecule has 54 valence electrons. The number of aromatic nitrogens is 3. The number of nitroso groups, excluding NO2 is 1. The summed E-state index contributed by atoms with van der Waals surface area (Å²) >= 11 is 0. The van der Waals surface area contributed by atoms with E-state index in [0.29, 0.717) is 0 Å². The number of nitrogen functional groups attached to an aromatic ring is 1. The minimum Gasteiger partial charge on any atom is -0.408 e. The molecule has 9 heteroatoms. The monoisotopic (exact) mass is 165 g/mol. The standard InChI is InChI=1S/C2H5N7O.Na/c3-1-5-6-2(7-8-10)9(1)4;/h4H2,(H3,3,5,6,7,8,10);/q;+1/p-1. The zero-order valence-corrected chi connectivity index (χ0v) is 7.77. The third-order valence-corrected chi connectivity index (χ3v) is 0.841. The fourth-order valence-corrected chi connectivity index (χ4v) is 0.408. The summed E-state index contributed by atoms with van der Waals surface area (Å²) in [5, 5.41) is 8.82. The quantitative estimate of drug-likeness (QED) is 0.206. The van der Waals surface area contributed by atoms with Gasteiger partial charge in [0.25, 0.3) is 0 Å². The van der Waals surface area contributed by atoms with Crippen LogP contribution in [-0.2, 0) is 0 Å². The fourth-order valence-electron chi connectivity index (χ4n) is 0.408. The van der Waals surface area contributed by atoms with Gasteiger partial charge in [-0.2, -0.15) is 5.10 Å². The average molecular weight is 165 g/mol. The Morgan fingerprint density at radius 2 is 2.27 bits per heavy atom. The molecule has 1 aromatic rings. The minimum atomic E-state index is -0.244. The van der Waals surface area contributed by atoms with Crippen molar-refractivity contribution in [3.63, 3.8) is 0 Å². The molecule has 4 N–H and O–H groups in total. The number of hydrogen-bond donors (Lipinski definition) is 2. The molecule has 0 saturated carbocycles. The average Bonchev–Trinajstić information content (AvgIpc) is 2.20. The Balaban J connectivity index is 0.000001000. The van der Waals surface area contributed by atoms with Gasteiger partial charge in [-0.1, -0.05) is 0 Å². The molecule has 0 spiro atoms. The predicted octanol–water partition coefficient (Wildman–Crippen LogP) is -3.23. The molecule has 0 unspecified atom stereocenters. The van der Waals surface area contributed by atoms with E-state index in [9.17, 15) is 4.91 Å². The normalized spacial score (nSPS) is 8.36. The van der Waals surface area contributed by atoms with Gasteiger partial charge in [0.15, 0.2) is 5.95 Å². The molecule has 8 nitrogen and oxygen atoms in total. The summed E-state index contributed by atoms with van der Waals surface area (Å²) in [5.74, 6) is 4.83. The van der Waals surface area contributed by atoms with Crippen LogP contribution in [0.3, 0.4) is 0 Å². The van der Waals surface area contributed by atoms with Crippen molar-refractivity contribution in [2.45, 2.75) is 0 Å². The van der Waals surface area contributed by atoms with Gasteiger partial charge in [0.05, 0.1) is 11.2 Å². The molecule has 0 aliphatic rings. The molecule has 1 aromatic heterocycles. The Labute approximate surface area is 83.5 Å². The van der Waals surface area contributed by atoms with Gasteiger partial charge in [0.1, 0.15) is 0 Å². The molecule has 11 heavy (non-hydrogen) atoms. The van der Waals surface area contributed by atoms with Gasteiger partial charge < -0.3 is 11.6 Å². The van der Waals surface area contributed by atoms with Crippen LogP contribution in [-0.4, -0.2) is 14.9 Å². The summed E-state index contributed by atoms with van der Waals surface area (Å²) in [6, 6.07) is 0. The van der Waals surface area contributed by atoms with Crippen molar-refractivity contribution in [3.8, 4) is 0 Å². The van der Waals surface area contributed by atoms with E-state index in [4.69, 9.17) is 11.6 Å². The zero-order chi connectivity index (χ0) is 7.56. The van der Waals surface area contributed by atoms with Gasteiger partial charge >= 0.3 is 29.6 Å². The first-order chi connectivity index (χ1) is 4.75. The van der Waals surface area contributed by atoms with Crippen LogP contribution < -0.4 is 40.8 Å². The van der Waals surface area contributed by atoms with Gasteiger partial charge in [-0.15, -0.1) is 4.91 Å². The number of nitrogens with two attached hydrogens (primary N) is 1. The number of rotatable bonds is 2. The van der Waals surface area contributed by atoms with Crippen molar-refractivity contribution in [2.75, 3.05) is 11.3 Å². The van der Waals surface area contributed by atoms with E-state index in [1.807, 2.05) is 5.43 Å². The second kappa shape index (κ2) is 4.11. The topological polar surface area (TPSA) is 122 Å². The van der Waals surface area contributed by atoms with Crippen LogP contribution in [0.25, 0.3) is 5.73 Å². The summed E-state index contributed by atoms with van der Waals surface area (Å²) in [7, 11) is 0. The van der Waals surface area contributed by atoms with E-state index < -0.39 is 0 Å². The predicted molar refractivity (Wildman–Crippen MR) is 33.6 cm³/mol. The van der Waals surface area contributed by atoms with E-state index in [1.54, 1.807) is 0 Å². The summed E-state index contributed by atoms with van der Waals surface area (Å²) in [4.78, 5) is 9.58. The van der Waals surface area contributed by atoms with Crippen molar-refractivity contribution < 1.29 is 29.6 Å². The van der Waals surface area contributed by atoms with E-state index in [1.165, 1.54) is 0 Å². The van der Waals surface area contributed by atoms with Gasteiger partial charge in [0, 0.05) is 0 Å². The van der Waals surface area contributed by atoms with Crippen LogP contribution in [0, 0.1) is 4.91 Å². The first-order valence-corrected chi connectivity index (χ1v) is 2.26. The van der Waals surface area contributed by atoms with Crippen molar-refractivity contribution in [3.05, 3.63) is 10.6 Å². The van der Waals surface area contributed by atoms with Crippen molar-refractivity contribution in [1.29, 1.82) is 0 Å². The molecule has 0 aliphatic heterocycles. The number of nitrogens with one attached hydrogen (secondary N) is 2. The molecule has 0 fully saturated rings. The Kier molecular flexibility index (Phi) is 3.79. The van der Waals surface area contributed by atoms with Gasteiger partial charge in [-0.05, 0) is 0 Å². The van der Waals surface area contributed by atoms with Crippen molar-refractivity contribution in [2.24, 2.45) is 5.29 Å². The Bertz CT molecular complexity index is 245. The van der Waals surface area contributed by atoms with Crippen LogP contribution in [0.4, 0.5) is 11.9 Å². The van der Waals surface area contributed by atoms with Crippen LogP contribution in [0.5, 0.6) is 0 Å². The Morgan fingerprint density at radius 1 is 1.64 bits per heavy atom. The van der Waals surface area contributed by atoms with Crippen molar-refractivity contribution >= 4 is 11.9 Å². The summed E-state index contributed by atoms with van der Waals surface area (Å²) in [6.07, 6.45) is 0. The second-order valence-corrected chi connectivity index (χ2v) is 1.42.